The number of aryl methyl sites for hydroxylation is 1. The monoisotopic (exact) mass is 384 g/mol. The summed E-state index contributed by atoms with van der Waals surface area (Å²) < 4.78 is 50.7. The Balaban J connectivity index is 2.28. The number of ether oxygens (including phenoxy) is 3. The first-order valence-electron chi connectivity index (χ1n) is 7.65. The van der Waals surface area contributed by atoms with Gasteiger partial charge in [-0.25, -0.2) is 4.79 Å². The van der Waals surface area contributed by atoms with Crippen molar-refractivity contribution in [1.82, 2.24) is 0 Å². The molecule has 0 aliphatic rings. The van der Waals surface area contributed by atoms with E-state index in [9.17, 15) is 22.8 Å². The lowest BCUT2D eigenvalue weighted by Gasteiger charge is -2.14. The van der Waals surface area contributed by atoms with Gasteiger partial charge in [0, 0.05) is 6.42 Å². The van der Waals surface area contributed by atoms with Crippen LogP contribution in [0.3, 0.4) is 0 Å². The maximum atomic E-state index is 12.2. The van der Waals surface area contributed by atoms with Gasteiger partial charge in [0.15, 0.2) is 0 Å². The van der Waals surface area contributed by atoms with E-state index in [4.69, 9.17) is 14.6 Å². The van der Waals surface area contributed by atoms with E-state index >= 15 is 0 Å². The van der Waals surface area contributed by atoms with Gasteiger partial charge in [0.2, 0.25) is 0 Å². The first-order chi connectivity index (χ1) is 12.7. The van der Waals surface area contributed by atoms with Crippen LogP contribution in [-0.2, 0) is 16.0 Å². The summed E-state index contributed by atoms with van der Waals surface area (Å²) in [6.45, 7) is 0. The Bertz CT molecular complexity index is 815. The summed E-state index contributed by atoms with van der Waals surface area (Å²) in [6, 6.07) is 9.22. The lowest BCUT2D eigenvalue weighted by atomic mass is 10.0. The highest BCUT2D eigenvalue weighted by Crippen LogP contribution is 2.31. The van der Waals surface area contributed by atoms with Gasteiger partial charge in [-0.1, -0.05) is 12.1 Å². The molecular formula is C18H15F3O6. The second-order valence-electron chi connectivity index (χ2n) is 5.30. The zero-order valence-electron chi connectivity index (χ0n) is 14.1. The third kappa shape index (κ3) is 5.91. The van der Waals surface area contributed by atoms with Crippen LogP contribution < -0.4 is 9.47 Å². The molecule has 0 atom stereocenters. The first-order valence-corrected chi connectivity index (χ1v) is 7.65. The number of rotatable bonds is 7. The predicted octanol–water partition coefficient (Wildman–Crippen LogP) is 4.18. The van der Waals surface area contributed by atoms with Gasteiger partial charge in [-0.3, -0.25) is 4.79 Å². The molecule has 0 aromatic heterocycles. The Morgan fingerprint density at radius 1 is 1.04 bits per heavy atom. The molecule has 0 heterocycles. The highest BCUT2D eigenvalue weighted by molar-refractivity contribution is 5.94. The van der Waals surface area contributed by atoms with Gasteiger partial charge in [0.05, 0.1) is 7.11 Å². The SMILES string of the molecule is COC(=O)c1c(CCC(=O)O)cccc1Oc1ccc(OC(F)(F)F)cc1. The van der Waals surface area contributed by atoms with Gasteiger partial charge in [0.25, 0.3) is 0 Å². The van der Waals surface area contributed by atoms with E-state index in [1.807, 2.05) is 0 Å². The van der Waals surface area contributed by atoms with Gasteiger partial charge >= 0.3 is 18.3 Å². The molecule has 144 valence electrons. The number of carboxylic acid groups (broad SMARTS) is 1. The largest absolute Gasteiger partial charge is 0.573 e. The number of aliphatic carboxylic acids is 1. The number of hydrogen-bond donors (Lipinski definition) is 1. The van der Waals surface area contributed by atoms with Crippen molar-refractivity contribution in [3.05, 3.63) is 53.6 Å². The summed E-state index contributed by atoms with van der Waals surface area (Å²) in [5.41, 5.74) is 0.468. The highest BCUT2D eigenvalue weighted by atomic mass is 19.4. The van der Waals surface area contributed by atoms with Crippen molar-refractivity contribution < 1.29 is 42.1 Å². The topological polar surface area (TPSA) is 82.1 Å². The fraction of sp³-hybridized carbons (Fsp3) is 0.222. The summed E-state index contributed by atoms with van der Waals surface area (Å²) in [5, 5.41) is 8.83. The number of benzene rings is 2. The quantitative estimate of drug-likeness (QED) is 0.721. The molecule has 2 aromatic rings. The number of methoxy groups -OCH3 is 1. The summed E-state index contributed by atoms with van der Waals surface area (Å²) in [4.78, 5) is 22.9. The van der Waals surface area contributed by atoms with Crippen molar-refractivity contribution in [2.75, 3.05) is 7.11 Å². The molecule has 0 bridgehead atoms. The van der Waals surface area contributed by atoms with E-state index in [0.29, 0.717) is 5.56 Å². The van der Waals surface area contributed by atoms with Crippen LogP contribution in [0.2, 0.25) is 0 Å². The van der Waals surface area contributed by atoms with E-state index in [-0.39, 0.29) is 29.9 Å². The summed E-state index contributed by atoms with van der Waals surface area (Å²) in [5.74, 6) is -1.92. The van der Waals surface area contributed by atoms with E-state index in [1.54, 1.807) is 12.1 Å². The molecule has 0 saturated heterocycles. The molecule has 2 rings (SSSR count). The molecule has 0 aliphatic carbocycles. The molecule has 0 aliphatic heterocycles. The molecular weight excluding hydrogens is 369 g/mol. The predicted molar refractivity (Wildman–Crippen MR) is 86.9 cm³/mol. The molecule has 6 nitrogen and oxygen atoms in total. The normalized spacial score (nSPS) is 11.0. The fourth-order valence-electron chi connectivity index (χ4n) is 2.28. The van der Waals surface area contributed by atoms with E-state index < -0.39 is 24.1 Å². The lowest BCUT2D eigenvalue weighted by molar-refractivity contribution is -0.274. The van der Waals surface area contributed by atoms with Crippen LogP contribution >= 0.6 is 0 Å². The average Bonchev–Trinajstić information content (AvgIpc) is 2.60. The summed E-state index contributed by atoms with van der Waals surface area (Å²) in [7, 11) is 1.17. The van der Waals surface area contributed by atoms with Gasteiger partial charge in [0.1, 0.15) is 22.8 Å². The maximum Gasteiger partial charge on any atom is 0.573 e. The molecule has 9 heteroatoms. The van der Waals surface area contributed by atoms with Crippen LogP contribution in [-0.4, -0.2) is 30.5 Å². The number of hydrogen-bond acceptors (Lipinski definition) is 5. The molecule has 0 spiro atoms. The second kappa shape index (κ2) is 8.43. The summed E-state index contributed by atoms with van der Waals surface area (Å²) >= 11 is 0. The third-order valence-electron chi connectivity index (χ3n) is 3.40. The number of halogens is 3. The fourth-order valence-corrected chi connectivity index (χ4v) is 2.28. The van der Waals surface area contributed by atoms with Crippen molar-refractivity contribution in [2.45, 2.75) is 19.2 Å². The minimum Gasteiger partial charge on any atom is -0.481 e. The number of esters is 1. The molecule has 0 amide bonds. The third-order valence-corrected chi connectivity index (χ3v) is 3.40. The van der Waals surface area contributed by atoms with Crippen molar-refractivity contribution in [3.8, 4) is 17.2 Å². The smallest absolute Gasteiger partial charge is 0.481 e. The van der Waals surface area contributed by atoms with Crippen LogP contribution in [0.25, 0.3) is 0 Å². The van der Waals surface area contributed by atoms with E-state index in [0.717, 1.165) is 12.1 Å². The zero-order valence-corrected chi connectivity index (χ0v) is 14.1. The van der Waals surface area contributed by atoms with Crippen molar-refractivity contribution in [1.29, 1.82) is 0 Å². The van der Waals surface area contributed by atoms with Gasteiger partial charge < -0.3 is 19.3 Å². The zero-order chi connectivity index (χ0) is 20.0. The highest BCUT2D eigenvalue weighted by Gasteiger charge is 2.31. The van der Waals surface area contributed by atoms with Crippen molar-refractivity contribution in [2.24, 2.45) is 0 Å². The standard InChI is InChI=1S/C18H15F3O6/c1-25-17(24)16-11(5-10-15(22)23)3-2-4-14(16)26-12-6-8-13(9-7-12)27-18(19,20)21/h2-4,6-9H,5,10H2,1H3,(H,22,23). The molecule has 2 aromatic carbocycles. The van der Waals surface area contributed by atoms with E-state index in [1.165, 1.54) is 25.3 Å². The lowest BCUT2D eigenvalue weighted by Crippen LogP contribution is -2.16. The maximum absolute atomic E-state index is 12.2. The Hall–Kier alpha value is -3.23. The Morgan fingerprint density at radius 3 is 2.22 bits per heavy atom. The van der Waals surface area contributed by atoms with Crippen molar-refractivity contribution in [3.63, 3.8) is 0 Å². The summed E-state index contributed by atoms with van der Waals surface area (Å²) in [6.07, 6.45) is -4.93. The molecule has 1 N–H and O–H groups in total. The van der Waals surface area contributed by atoms with Crippen molar-refractivity contribution >= 4 is 11.9 Å². The average molecular weight is 384 g/mol. The minimum atomic E-state index is -4.81. The molecule has 0 radical (unpaired) electrons. The number of carbonyl (C=O) groups excluding carboxylic acids is 1. The number of carbonyl (C=O) groups is 2. The van der Waals surface area contributed by atoms with Crippen LogP contribution in [0.1, 0.15) is 22.3 Å². The van der Waals surface area contributed by atoms with Gasteiger partial charge in [-0.2, -0.15) is 0 Å². The van der Waals surface area contributed by atoms with Crippen LogP contribution in [0.5, 0.6) is 17.2 Å². The first kappa shape index (κ1) is 20.1. The number of carboxylic acids is 1. The molecule has 27 heavy (non-hydrogen) atoms. The molecule has 0 saturated carbocycles. The minimum absolute atomic E-state index is 0.0527. The van der Waals surface area contributed by atoms with Gasteiger partial charge in [-0.05, 0) is 42.3 Å². The molecule has 0 fully saturated rings. The molecule has 0 unspecified atom stereocenters. The number of alkyl halides is 3. The van der Waals surface area contributed by atoms with Gasteiger partial charge in [-0.15, -0.1) is 13.2 Å². The van der Waals surface area contributed by atoms with Crippen LogP contribution in [0.15, 0.2) is 42.5 Å². The Kier molecular flexibility index (Phi) is 6.27. The second-order valence-corrected chi connectivity index (χ2v) is 5.30. The van der Waals surface area contributed by atoms with Crippen LogP contribution in [0, 0.1) is 0 Å². The van der Waals surface area contributed by atoms with Crippen LogP contribution in [0.4, 0.5) is 13.2 Å². The van der Waals surface area contributed by atoms with E-state index in [2.05, 4.69) is 4.74 Å². The Morgan fingerprint density at radius 2 is 1.67 bits per heavy atom. The Labute approximate surface area is 152 Å².